The van der Waals surface area contributed by atoms with Crippen molar-refractivity contribution in [3.63, 3.8) is 0 Å². The average molecular weight is 293 g/mol. The molecule has 0 unspecified atom stereocenters. The van der Waals surface area contributed by atoms with Crippen molar-refractivity contribution in [2.45, 2.75) is 0 Å². The first kappa shape index (κ1) is 12.1. The van der Waals surface area contributed by atoms with Crippen LogP contribution in [0.4, 0.5) is 5.69 Å². The highest BCUT2D eigenvalue weighted by Crippen LogP contribution is 2.29. The number of nitrogens with one attached hydrogen (secondary N) is 2. The molecule has 3 heterocycles. The molecule has 1 aromatic heterocycles. The van der Waals surface area contributed by atoms with Crippen LogP contribution in [0.2, 0.25) is 0 Å². The summed E-state index contributed by atoms with van der Waals surface area (Å²) in [6, 6.07) is 1.70. The Morgan fingerprint density at radius 1 is 1.42 bits per heavy atom. The lowest BCUT2D eigenvalue weighted by Crippen LogP contribution is -2.26. The number of thioether (sulfide) groups is 1. The van der Waals surface area contributed by atoms with Crippen molar-refractivity contribution >= 4 is 51.9 Å². The fraction of sp³-hybridized carbons (Fsp3) is 0.0909. The highest BCUT2D eigenvalue weighted by molar-refractivity contribution is 8.26. The van der Waals surface area contributed by atoms with Crippen LogP contribution in [0.1, 0.15) is 5.56 Å². The van der Waals surface area contributed by atoms with Crippen molar-refractivity contribution < 1.29 is 14.3 Å². The molecule has 3 rings (SSSR count). The summed E-state index contributed by atoms with van der Waals surface area (Å²) in [4.78, 5) is 27.3. The maximum atomic E-state index is 11.5. The van der Waals surface area contributed by atoms with E-state index >= 15 is 0 Å². The van der Waals surface area contributed by atoms with E-state index in [4.69, 9.17) is 17.0 Å². The zero-order valence-corrected chi connectivity index (χ0v) is 11.1. The number of rotatable bonds is 1. The third-order valence-corrected chi connectivity index (χ3v) is 3.59. The lowest BCUT2D eigenvalue weighted by molar-refractivity contribution is -0.118. The maximum Gasteiger partial charge on any atom is 0.263 e. The number of nitrogens with zero attached hydrogens (tertiary/aromatic N) is 1. The summed E-state index contributed by atoms with van der Waals surface area (Å²) >= 11 is 6.09. The Bertz CT molecular complexity index is 642. The van der Waals surface area contributed by atoms with Gasteiger partial charge in [-0.2, -0.15) is 0 Å². The lowest BCUT2D eigenvalue weighted by atomic mass is 10.2. The van der Waals surface area contributed by atoms with Gasteiger partial charge in [-0.15, -0.1) is 0 Å². The monoisotopic (exact) mass is 293 g/mol. The van der Waals surface area contributed by atoms with Gasteiger partial charge < -0.3 is 15.4 Å². The van der Waals surface area contributed by atoms with Gasteiger partial charge in [0.1, 0.15) is 10.0 Å². The molecule has 1 fully saturated rings. The summed E-state index contributed by atoms with van der Waals surface area (Å²) in [6.07, 6.45) is 3.23. The predicted octanol–water partition coefficient (Wildman–Crippen LogP) is 0.901. The zero-order chi connectivity index (χ0) is 13.4. The van der Waals surface area contributed by atoms with Gasteiger partial charge in [0.15, 0.2) is 6.61 Å². The Balaban J connectivity index is 1.92. The molecule has 2 amide bonds. The van der Waals surface area contributed by atoms with Gasteiger partial charge in [-0.05, 0) is 17.7 Å². The average Bonchev–Trinajstić information content (AvgIpc) is 2.67. The molecule has 2 aliphatic rings. The van der Waals surface area contributed by atoms with Gasteiger partial charge in [-0.25, -0.2) is 4.98 Å². The molecule has 0 aliphatic carbocycles. The fourth-order valence-electron chi connectivity index (χ4n) is 1.64. The van der Waals surface area contributed by atoms with Gasteiger partial charge in [-0.3, -0.25) is 9.59 Å². The van der Waals surface area contributed by atoms with Gasteiger partial charge in [0, 0.05) is 6.20 Å². The molecular formula is C11H7N3O3S2. The molecule has 2 aliphatic heterocycles. The number of aromatic nitrogens is 1. The number of ether oxygens (including phenoxy) is 1. The van der Waals surface area contributed by atoms with Crippen LogP contribution in [0, 0.1) is 0 Å². The summed E-state index contributed by atoms with van der Waals surface area (Å²) < 4.78 is 5.58. The van der Waals surface area contributed by atoms with Crippen molar-refractivity contribution in [3.05, 3.63) is 22.7 Å². The van der Waals surface area contributed by atoms with Gasteiger partial charge >= 0.3 is 0 Å². The molecule has 0 saturated carbocycles. The van der Waals surface area contributed by atoms with Crippen LogP contribution >= 0.6 is 24.0 Å². The van der Waals surface area contributed by atoms with Crippen molar-refractivity contribution in [1.29, 1.82) is 0 Å². The minimum absolute atomic E-state index is 0.0348. The summed E-state index contributed by atoms with van der Waals surface area (Å²) in [5.41, 5.74) is 1.18. The molecule has 1 aromatic rings. The van der Waals surface area contributed by atoms with Crippen LogP contribution in [-0.2, 0) is 9.59 Å². The van der Waals surface area contributed by atoms with E-state index in [9.17, 15) is 9.59 Å². The molecule has 19 heavy (non-hydrogen) atoms. The first-order valence-electron chi connectivity index (χ1n) is 5.29. The van der Waals surface area contributed by atoms with Gasteiger partial charge in [0.2, 0.25) is 5.88 Å². The van der Waals surface area contributed by atoms with E-state index in [2.05, 4.69) is 15.6 Å². The van der Waals surface area contributed by atoms with E-state index in [0.29, 0.717) is 26.4 Å². The lowest BCUT2D eigenvalue weighted by Gasteiger charge is -2.16. The molecule has 1 saturated heterocycles. The van der Waals surface area contributed by atoms with E-state index < -0.39 is 0 Å². The SMILES string of the molecule is O=C1COc2ncc(/C=C3/SC(=S)NC3=O)cc2N1. The van der Waals surface area contributed by atoms with E-state index in [1.165, 1.54) is 11.8 Å². The maximum absolute atomic E-state index is 11.5. The number of carbonyl (C=O) groups excluding carboxylic acids is 2. The Morgan fingerprint density at radius 3 is 3.00 bits per heavy atom. The van der Waals surface area contributed by atoms with Gasteiger partial charge in [0.05, 0.1) is 4.91 Å². The largest absolute Gasteiger partial charge is 0.466 e. The molecule has 96 valence electrons. The van der Waals surface area contributed by atoms with Crippen LogP contribution in [0.25, 0.3) is 6.08 Å². The first-order valence-corrected chi connectivity index (χ1v) is 6.52. The second-order valence-corrected chi connectivity index (χ2v) is 5.53. The second-order valence-electron chi connectivity index (χ2n) is 3.81. The molecule has 6 nitrogen and oxygen atoms in total. The molecule has 2 N–H and O–H groups in total. The van der Waals surface area contributed by atoms with Crippen LogP contribution in [0.15, 0.2) is 17.2 Å². The third-order valence-electron chi connectivity index (χ3n) is 2.43. The minimum Gasteiger partial charge on any atom is -0.466 e. The van der Waals surface area contributed by atoms with E-state index in [1.807, 2.05) is 0 Å². The number of carbonyl (C=O) groups is 2. The summed E-state index contributed by atoms with van der Waals surface area (Å²) in [6.45, 7) is -0.0348. The van der Waals surface area contributed by atoms with E-state index in [0.717, 1.165) is 0 Å². The highest BCUT2D eigenvalue weighted by atomic mass is 32.2. The molecule has 0 aromatic carbocycles. The summed E-state index contributed by atoms with van der Waals surface area (Å²) in [5, 5.41) is 5.19. The number of thiocarbonyl (C=S) groups is 1. The van der Waals surface area contributed by atoms with Crippen LogP contribution in [-0.4, -0.2) is 27.7 Å². The number of pyridine rings is 1. The van der Waals surface area contributed by atoms with Gasteiger partial charge in [-0.1, -0.05) is 24.0 Å². The number of hydrogen-bond acceptors (Lipinski definition) is 6. The molecule has 0 atom stereocenters. The standard InChI is InChI=1S/C11H7N3O3S2/c15-8-4-17-10-6(13-8)1-5(3-12-10)2-7-9(16)14-11(18)19-7/h1-3H,4H2,(H,13,15)(H,14,16,18)/b7-2+. The summed E-state index contributed by atoms with van der Waals surface area (Å²) in [7, 11) is 0. The highest BCUT2D eigenvalue weighted by Gasteiger charge is 2.22. The molecule has 0 bridgehead atoms. The number of anilines is 1. The second kappa shape index (κ2) is 4.63. The summed E-state index contributed by atoms with van der Waals surface area (Å²) in [5.74, 6) is -0.0814. The van der Waals surface area contributed by atoms with Gasteiger partial charge in [0.25, 0.3) is 11.8 Å². The molecule has 0 spiro atoms. The molecule has 0 radical (unpaired) electrons. The van der Waals surface area contributed by atoms with Crippen LogP contribution < -0.4 is 15.4 Å². The van der Waals surface area contributed by atoms with Crippen molar-refractivity contribution in [2.75, 3.05) is 11.9 Å². The van der Waals surface area contributed by atoms with E-state index in [1.54, 1.807) is 18.3 Å². The smallest absolute Gasteiger partial charge is 0.263 e. The fourth-order valence-corrected chi connectivity index (χ4v) is 2.69. The Kier molecular flexibility index (Phi) is 2.96. The Labute approximate surface area is 117 Å². The quantitative estimate of drug-likeness (QED) is 0.591. The van der Waals surface area contributed by atoms with E-state index in [-0.39, 0.29) is 18.4 Å². The van der Waals surface area contributed by atoms with Crippen molar-refractivity contribution in [1.82, 2.24) is 10.3 Å². The Morgan fingerprint density at radius 2 is 2.26 bits per heavy atom. The minimum atomic E-state index is -0.229. The zero-order valence-electron chi connectivity index (χ0n) is 9.43. The Hall–Kier alpha value is -1.93. The predicted molar refractivity (Wildman–Crippen MR) is 74.7 cm³/mol. The number of amides is 2. The number of hydrogen-bond donors (Lipinski definition) is 2. The van der Waals surface area contributed by atoms with Crippen molar-refractivity contribution in [3.8, 4) is 5.88 Å². The number of fused-ring (bicyclic) bond motifs is 1. The third kappa shape index (κ3) is 2.45. The van der Waals surface area contributed by atoms with Crippen molar-refractivity contribution in [2.24, 2.45) is 0 Å². The topological polar surface area (TPSA) is 80.3 Å². The molecule has 8 heteroatoms. The van der Waals surface area contributed by atoms with Crippen LogP contribution in [0.5, 0.6) is 5.88 Å². The molecular weight excluding hydrogens is 286 g/mol. The van der Waals surface area contributed by atoms with Crippen LogP contribution in [0.3, 0.4) is 0 Å². The first-order chi connectivity index (χ1) is 9.11. The normalized spacial score (nSPS) is 19.8.